The first kappa shape index (κ1) is 16.1. The molecule has 1 aromatic heterocycles. The zero-order valence-electron chi connectivity index (χ0n) is 14.5. The summed E-state index contributed by atoms with van der Waals surface area (Å²) in [5.74, 6) is 1.50. The molecule has 1 amide bonds. The number of fused-ring (bicyclic) bond motifs is 2. The molecule has 0 radical (unpaired) electrons. The van der Waals surface area contributed by atoms with Crippen LogP contribution in [-0.2, 0) is 4.79 Å². The van der Waals surface area contributed by atoms with E-state index in [0.29, 0.717) is 31.5 Å². The quantitative estimate of drug-likeness (QED) is 0.564. The lowest BCUT2D eigenvalue weighted by molar-refractivity contribution is -0.119. The van der Waals surface area contributed by atoms with Crippen LogP contribution in [0.5, 0.6) is 11.5 Å². The fourth-order valence-electron chi connectivity index (χ4n) is 3.53. The number of carbonyl (C=O) groups excluding carboxylic acids is 1. The molecule has 3 aromatic rings. The predicted molar refractivity (Wildman–Crippen MR) is 99.5 cm³/mol. The standard InChI is InChI=1S/C19H19N5O3/c25-18(23-19-21-13-3-1-2-4-14(13)22-19)12-10-20-24-17(12)11-5-6-15-16(9-11)27-8-7-26-15/h1-6,9,12,17,20,24H,7-8,10H2,(H2,21,22,23,25). The molecule has 4 N–H and O–H groups in total. The van der Waals surface area contributed by atoms with Crippen LogP contribution < -0.4 is 25.6 Å². The van der Waals surface area contributed by atoms with Crippen LogP contribution in [-0.4, -0.2) is 35.6 Å². The molecule has 3 heterocycles. The smallest absolute Gasteiger partial charge is 0.233 e. The molecule has 0 spiro atoms. The van der Waals surface area contributed by atoms with E-state index in [0.717, 1.165) is 22.3 Å². The molecule has 27 heavy (non-hydrogen) atoms. The number of hydrogen-bond acceptors (Lipinski definition) is 6. The second-order valence-corrected chi connectivity index (χ2v) is 6.60. The third-order valence-electron chi connectivity index (χ3n) is 4.88. The van der Waals surface area contributed by atoms with E-state index >= 15 is 0 Å². The number of nitrogens with zero attached hydrogens (tertiary/aromatic N) is 1. The summed E-state index contributed by atoms with van der Waals surface area (Å²) in [6.07, 6.45) is 0. The molecule has 138 valence electrons. The summed E-state index contributed by atoms with van der Waals surface area (Å²) in [6.45, 7) is 1.60. The number of para-hydroxylation sites is 2. The van der Waals surface area contributed by atoms with Crippen LogP contribution in [0.4, 0.5) is 5.95 Å². The molecule has 0 aliphatic carbocycles. The van der Waals surface area contributed by atoms with Gasteiger partial charge in [-0.1, -0.05) is 18.2 Å². The van der Waals surface area contributed by atoms with E-state index < -0.39 is 0 Å². The summed E-state index contributed by atoms with van der Waals surface area (Å²) in [7, 11) is 0. The third kappa shape index (κ3) is 2.98. The van der Waals surface area contributed by atoms with E-state index in [1.165, 1.54) is 0 Å². The van der Waals surface area contributed by atoms with E-state index in [4.69, 9.17) is 9.47 Å². The number of hydrogen-bond donors (Lipinski definition) is 4. The van der Waals surface area contributed by atoms with Gasteiger partial charge in [0.25, 0.3) is 0 Å². The topological polar surface area (TPSA) is 100 Å². The van der Waals surface area contributed by atoms with Crippen molar-refractivity contribution < 1.29 is 14.3 Å². The van der Waals surface area contributed by atoms with Crippen LogP contribution in [0.1, 0.15) is 11.6 Å². The van der Waals surface area contributed by atoms with Gasteiger partial charge in [0.2, 0.25) is 11.9 Å². The molecule has 1 saturated heterocycles. The minimum absolute atomic E-state index is 0.105. The summed E-state index contributed by atoms with van der Waals surface area (Å²) in [5, 5.41) is 2.89. The first-order valence-electron chi connectivity index (χ1n) is 8.91. The number of aromatic nitrogens is 2. The maximum Gasteiger partial charge on any atom is 0.233 e. The van der Waals surface area contributed by atoms with Crippen LogP contribution in [0.15, 0.2) is 42.5 Å². The fourth-order valence-corrected chi connectivity index (χ4v) is 3.53. The van der Waals surface area contributed by atoms with Crippen molar-refractivity contribution in [3.8, 4) is 11.5 Å². The molecule has 0 bridgehead atoms. The Hall–Kier alpha value is -3.10. The van der Waals surface area contributed by atoms with Crippen LogP contribution >= 0.6 is 0 Å². The maximum absolute atomic E-state index is 12.9. The van der Waals surface area contributed by atoms with Gasteiger partial charge in [0.05, 0.1) is 23.0 Å². The number of aromatic amines is 1. The number of amides is 1. The van der Waals surface area contributed by atoms with Crippen molar-refractivity contribution in [1.82, 2.24) is 20.8 Å². The van der Waals surface area contributed by atoms with E-state index in [1.807, 2.05) is 42.5 Å². The number of nitrogens with one attached hydrogen (secondary N) is 4. The molecule has 2 aliphatic rings. The van der Waals surface area contributed by atoms with Crippen molar-refractivity contribution in [3.05, 3.63) is 48.0 Å². The molecule has 2 atom stereocenters. The minimum Gasteiger partial charge on any atom is -0.486 e. The average Bonchev–Trinajstić information content (AvgIpc) is 3.34. The molecule has 0 saturated carbocycles. The van der Waals surface area contributed by atoms with Crippen molar-refractivity contribution in [1.29, 1.82) is 0 Å². The monoisotopic (exact) mass is 365 g/mol. The Morgan fingerprint density at radius 3 is 2.85 bits per heavy atom. The van der Waals surface area contributed by atoms with Gasteiger partial charge in [-0.3, -0.25) is 15.5 Å². The average molecular weight is 365 g/mol. The van der Waals surface area contributed by atoms with Gasteiger partial charge in [-0.2, -0.15) is 0 Å². The van der Waals surface area contributed by atoms with Gasteiger partial charge in [0.15, 0.2) is 11.5 Å². The molecular weight excluding hydrogens is 346 g/mol. The van der Waals surface area contributed by atoms with Gasteiger partial charge in [0.1, 0.15) is 13.2 Å². The Bertz CT molecular complexity index is 969. The Labute approximate surface area is 155 Å². The van der Waals surface area contributed by atoms with Gasteiger partial charge in [0, 0.05) is 6.54 Å². The molecule has 2 aromatic carbocycles. The van der Waals surface area contributed by atoms with Gasteiger partial charge in [-0.25, -0.2) is 10.4 Å². The Kier molecular flexibility index (Phi) is 3.92. The van der Waals surface area contributed by atoms with Crippen molar-refractivity contribution in [2.45, 2.75) is 6.04 Å². The second kappa shape index (κ2) is 6.57. The Morgan fingerprint density at radius 2 is 1.96 bits per heavy atom. The Morgan fingerprint density at radius 1 is 1.11 bits per heavy atom. The fraction of sp³-hybridized carbons (Fsp3) is 0.263. The van der Waals surface area contributed by atoms with E-state index in [-0.39, 0.29) is 17.9 Å². The van der Waals surface area contributed by atoms with E-state index in [2.05, 4.69) is 26.1 Å². The number of rotatable bonds is 3. The zero-order chi connectivity index (χ0) is 18.2. The number of imidazole rings is 1. The molecular formula is C19H19N5O3. The van der Waals surface area contributed by atoms with Gasteiger partial charge in [-0.15, -0.1) is 0 Å². The highest BCUT2D eigenvalue weighted by molar-refractivity contribution is 5.93. The van der Waals surface area contributed by atoms with Crippen molar-refractivity contribution >= 4 is 22.9 Å². The molecule has 1 fully saturated rings. The summed E-state index contributed by atoms with van der Waals surface area (Å²) in [6, 6.07) is 13.3. The highest BCUT2D eigenvalue weighted by Crippen LogP contribution is 2.35. The Balaban J connectivity index is 1.36. The highest BCUT2D eigenvalue weighted by Gasteiger charge is 2.35. The summed E-state index contributed by atoms with van der Waals surface area (Å²) < 4.78 is 11.2. The lowest BCUT2D eigenvalue weighted by atomic mass is 9.94. The number of ether oxygens (including phenoxy) is 2. The van der Waals surface area contributed by atoms with Crippen molar-refractivity contribution in [2.24, 2.45) is 5.92 Å². The molecule has 8 nitrogen and oxygen atoms in total. The lowest BCUT2D eigenvalue weighted by Crippen LogP contribution is -2.30. The summed E-state index contributed by atoms with van der Waals surface area (Å²) in [5.41, 5.74) is 8.94. The number of H-pyrrole nitrogens is 1. The molecule has 8 heteroatoms. The summed E-state index contributed by atoms with van der Waals surface area (Å²) in [4.78, 5) is 20.4. The third-order valence-corrected chi connectivity index (χ3v) is 4.88. The SMILES string of the molecule is O=C(Nc1nc2ccccc2[nH]1)C1CNNC1c1ccc2c(c1)OCCO2. The van der Waals surface area contributed by atoms with Crippen molar-refractivity contribution in [3.63, 3.8) is 0 Å². The molecule has 5 rings (SSSR count). The number of carbonyl (C=O) groups is 1. The van der Waals surface area contributed by atoms with E-state index in [1.54, 1.807) is 0 Å². The molecule has 2 unspecified atom stereocenters. The van der Waals surface area contributed by atoms with Crippen molar-refractivity contribution in [2.75, 3.05) is 25.1 Å². The van der Waals surface area contributed by atoms with Crippen LogP contribution in [0.25, 0.3) is 11.0 Å². The first-order valence-corrected chi connectivity index (χ1v) is 8.91. The number of anilines is 1. The zero-order valence-corrected chi connectivity index (χ0v) is 14.5. The van der Waals surface area contributed by atoms with Gasteiger partial charge < -0.3 is 14.5 Å². The van der Waals surface area contributed by atoms with Crippen LogP contribution in [0, 0.1) is 5.92 Å². The summed E-state index contributed by atoms with van der Waals surface area (Å²) >= 11 is 0. The van der Waals surface area contributed by atoms with Crippen LogP contribution in [0.2, 0.25) is 0 Å². The molecule has 2 aliphatic heterocycles. The second-order valence-electron chi connectivity index (χ2n) is 6.60. The lowest BCUT2D eigenvalue weighted by Gasteiger charge is -2.22. The largest absolute Gasteiger partial charge is 0.486 e. The van der Waals surface area contributed by atoms with Gasteiger partial charge >= 0.3 is 0 Å². The van der Waals surface area contributed by atoms with Crippen LogP contribution in [0.3, 0.4) is 0 Å². The first-order chi connectivity index (χ1) is 13.3. The number of benzene rings is 2. The van der Waals surface area contributed by atoms with E-state index in [9.17, 15) is 4.79 Å². The van der Waals surface area contributed by atoms with Gasteiger partial charge in [-0.05, 0) is 29.8 Å². The number of hydrazine groups is 1. The normalized spacial score (nSPS) is 21.3. The highest BCUT2D eigenvalue weighted by atomic mass is 16.6. The minimum atomic E-state index is -0.291. The maximum atomic E-state index is 12.9. The predicted octanol–water partition coefficient (Wildman–Crippen LogP) is 1.74.